The van der Waals surface area contributed by atoms with Gasteiger partial charge in [-0.3, -0.25) is 9.78 Å². The monoisotopic (exact) mass is 355 g/mol. The number of aryl methyl sites for hydroxylation is 1. The minimum absolute atomic E-state index is 0.0127. The summed E-state index contributed by atoms with van der Waals surface area (Å²) in [6.45, 7) is 1.98. The second kappa shape index (κ2) is 7.64. The smallest absolute Gasteiger partial charge is 0.270 e. The third kappa shape index (κ3) is 4.35. The van der Waals surface area contributed by atoms with Gasteiger partial charge in [-0.05, 0) is 36.8 Å². The molecule has 0 aliphatic heterocycles. The molecule has 2 N–H and O–H groups in total. The van der Waals surface area contributed by atoms with E-state index in [0.717, 1.165) is 17.7 Å². The number of nitrogens with one attached hydrogen (secondary N) is 2. The van der Waals surface area contributed by atoms with E-state index < -0.39 is 17.5 Å². The topological polar surface area (TPSA) is 79.8 Å². The van der Waals surface area contributed by atoms with Crippen molar-refractivity contribution in [2.24, 2.45) is 0 Å². The number of carbonyl (C=O) groups is 1. The van der Waals surface area contributed by atoms with Crippen LogP contribution in [0.25, 0.3) is 0 Å². The van der Waals surface area contributed by atoms with Crippen molar-refractivity contribution >= 4 is 17.5 Å². The Labute approximate surface area is 148 Å². The van der Waals surface area contributed by atoms with Crippen molar-refractivity contribution in [1.82, 2.24) is 20.3 Å². The lowest BCUT2D eigenvalue weighted by molar-refractivity contribution is 0.0945. The lowest BCUT2D eigenvalue weighted by Gasteiger charge is -2.09. The van der Waals surface area contributed by atoms with Gasteiger partial charge in [0.05, 0.1) is 5.69 Å². The molecule has 1 amide bonds. The van der Waals surface area contributed by atoms with Crippen LogP contribution in [0.15, 0.2) is 48.8 Å². The Hall–Kier alpha value is -3.42. The maximum Gasteiger partial charge on any atom is 0.270 e. The van der Waals surface area contributed by atoms with Gasteiger partial charge < -0.3 is 10.6 Å². The second-order valence-electron chi connectivity index (χ2n) is 5.51. The first-order chi connectivity index (χ1) is 12.5. The van der Waals surface area contributed by atoms with Crippen LogP contribution in [0.4, 0.5) is 20.4 Å². The molecule has 0 bridgehead atoms. The molecular weight excluding hydrogens is 340 g/mol. The SMILES string of the molecule is Cc1cc(C(=O)NCc2cccnc2)nc(Nc2ccc(F)cc2F)n1. The van der Waals surface area contributed by atoms with Crippen LogP contribution in [0.3, 0.4) is 0 Å². The van der Waals surface area contributed by atoms with Gasteiger partial charge in [-0.15, -0.1) is 0 Å². The zero-order chi connectivity index (χ0) is 18.5. The lowest BCUT2D eigenvalue weighted by atomic mass is 10.2. The first-order valence-electron chi connectivity index (χ1n) is 7.76. The number of amides is 1. The summed E-state index contributed by atoms with van der Waals surface area (Å²) in [7, 11) is 0. The van der Waals surface area contributed by atoms with Crippen LogP contribution in [0, 0.1) is 18.6 Å². The number of halogens is 2. The molecule has 0 saturated carbocycles. The first kappa shape index (κ1) is 17.4. The van der Waals surface area contributed by atoms with Crippen molar-refractivity contribution in [3.05, 3.63) is 77.4 Å². The number of carbonyl (C=O) groups excluding carboxylic acids is 1. The summed E-state index contributed by atoms with van der Waals surface area (Å²) in [5.74, 6) is -1.82. The number of rotatable bonds is 5. The van der Waals surface area contributed by atoms with Crippen molar-refractivity contribution in [3.63, 3.8) is 0 Å². The molecule has 2 heterocycles. The molecule has 3 aromatic rings. The molecule has 8 heteroatoms. The first-order valence-corrected chi connectivity index (χ1v) is 7.76. The van der Waals surface area contributed by atoms with E-state index in [1.54, 1.807) is 25.4 Å². The third-order valence-electron chi connectivity index (χ3n) is 3.44. The van der Waals surface area contributed by atoms with Gasteiger partial charge in [0, 0.05) is 30.7 Å². The molecule has 0 aliphatic rings. The molecule has 26 heavy (non-hydrogen) atoms. The molecule has 0 aliphatic carbocycles. The molecule has 1 aromatic carbocycles. The van der Waals surface area contributed by atoms with Gasteiger partial charge in [0.1, 0.15) is 17.3 Å². The summed E-state index contributed by atoms with van der Waals surface area (Å²) in [6, 6.07) is 8.23. The van der Waals surface area contributed by atoms with Crippen molar-refractivity contribution in [2.75, 3.05) is 5.32 Å². The highest BCUT2D eigenvalue weighted by Crippen LogP contribution is 2.19. The number of anilines is 2. The van der Waals surface area contributed by atoms with E-state index in [0.29, 0.717) is 12.2 Å². The Morgan fingerprint density at radius 1 is 1.15 bits per heavy atom. The lowest BCUT2D eigenvalue weighted by Crippen LogP contribution is -2.24. The highest BCUT2D eigenvalue weighted by atomic mass is 19.1. The molecule has 3 rings (SSSR count). The molecule has 0 radical (unpaired) electrons. The van der Waals surface area contributed by atoms with E-state index in [4.69, 9.17) is 0 Å². The normalized spacial score (nSPS) is 10.4. The van der Waals surface area contributed by atoms with E-state index in [2.05, 4.69) is 25.6 Å². The van der Waals surface area contributed by atoms with Crippen LogP contribution >= 0.6 is 0 Å². The van der Waals surface area contributed by atoms with E-state index in [9.17, 15) is 13.6 Å². The van der Waals surface area contributed by atoms with E-state index in [-0.39, 0.29) is 17.3 Å². The van der Waals surface area contributed by atoms with Gasteiger partial charge in [-0.2, -0.15) is 0 Å². The number of hydrogen-bond donors (Lipinski definition) is 2. The Bertz CT molecular complexity index is 934. The van der Waals surface area contributed by atoms with Gasteiger partial charge in [-0.25, -0.2) is 18.7 Å². The summed E-state index contributed by atoms with van der Waals surface area (Å²) < 4.78 is 26.7. The summed E-state index contributed by atoms with van der Waals surface area (Å²) >= 11 is 0. The Morgan fingerprint density at radius 3 is 2.73 bits per heavy atom. The molecule has 0 saturated heterocycles. The van der Waals surface area contributed by atoms with Crippen LogP contribution < -0.4 is 10.6 Å². The van der Waals surface area contributed by atoms with Gasteiger partial charge in [-0.1, -0.05) is 6.07 Å². The van der Waals surface area contributed by atoms with Crippen molar-refractivity contribution < 1.29 is 13.6 Å². The zero-order valence-corrected chi connectivity index (χ0v) is 13.8. The fourth-order valence-electron chi connectivity index (χ4n) is 2.23. The number of benzene rings is 1. The van der Waals surface area contributed by atoms with Crippen LogP contribution in [-0.2, 0) is 6.54 Å². The molecule has 132 valence electrons. The molecule has 0 spiro atoms. The summed E-state index contributed by atoms with van der Waals surface area (Å²) in [5.41, 5.74) is 1.51. The number of nitrogens with zero attached hydrogens (tertiary/aromatic N) is 3. The van der Waals surface area contributed by atoms with Gasteiger partial charge in [0.25, 0.3) is 5.91 Å². The fraction of sp³-hybridized carbons (Fsp3) is 0.111. The molecule has 0 fully saturated rings. The maximum atomic E-state index is 13.8. The largest absolute Gasteiger partial charge is 0.347 e. The van der Waals surface area contributed by atoms with Crippen LogP contribution in [0.2, 0.25) is 0 Å². The standard InChI is InChI=1S/C18H15F2N5O/c1-11-7-16(17(26)22-10-12-3-2-6-21-9-12)25-18(23-11)24-15-5-4-13(19)8-14(15)20/h2-9H,10H2,1H3,(H,22,26)(H,23,24,25). The van der Waals surface area contributed by atoms with Crippen molar-refractivity contribution in [1.29, 1.82) is 0 Å². The van der Waals surface area contributed by atoms with Gasteiger partial charge in [0.15, 0.2) is 0 Å². The minimum Gasteiger partial charge on any atom is -0.347 e. The average molecular weight is 355 g/mol. The molecule has 2 aromatic heterocycles. The Kier molecular flexibility index (Phi) is 5.12. The molecule has 0 atom stereocenters. The zero-order valence-electron chi connectivity index (χ0n) is 13.8. The predicted molar refractivity (Wildman–Crippen MR) is 91.8 cm³/mol. The molecular formula is C18H15F2N5O. The summed E-state index contributed by atoms with van der Waals surface area (Å²) in [6.07, 6.45) is 3.29. The van der Waals surface area contributed by atoms with Gasteiger partial charge >= 0.3 is 0 Å². The van der Waals surface area contributed by atoms with E-state index >= 15 is 0 Å². The van der Waals surface area contributed by atoms with Crippen molar-refractivity contribution in [2.45, 2.75) is 13.5 Å². The second-order valence-corrected chi connectivity index (χ2v) is 5.51. The Balaban J connectivity index is 1.75. The average Bonchev–Trinajstić information content (AvgIpc) is 2.62. The van der Waals surface area contributed by atoms with Gasteiger partial charge in [0.2, 0.25) is 5.95 Å². The number of hydrogen-bond acceptors (Lipinski definition) is 5. The third-order valence-corrected chi connectivity index (χ3v) is 3.44. The molecule has 6 nitrogen and oxygen atoms in total. The van der Waals surface area contributed by atoms with Crippen molar-refractivity contribution in [3.8, 4) is 0 Å². The highest BCUT2D eigenvalue weighted by molar-refractivity contribution is 5.92. The number of pyridine rings is 1. The van der Waals surface area contributed by atoms with E-state index in [1.165, 1.54) is 12.1 Å². The fourth-order valence-corrected chi connectivity index (χ4v) is 2.23. The Morgan fingerprint density at radius 2 is 2.00 bits per heavy atom. The minimum atomic E-state index is -0.780. The highest BCUT2D eigenvalue weighted by Gasteiger charge is 2.12. The van der Waals surface area contributed by atoms with Crippen LogP contribution in [-0.4, -0.2) is 20.9 Å². The quantitative estimate of drug-likeness (QED) is 0.735. The summed E-state index contributed by atoms with van der Waals surface area (Å²) in [4.78, 5) is 24.5. The van der Waals surface area contributed by atoms with E-state index in [1.807, 2.05) is 6.07 Å². The van der Waals surface area contributed by atoms with Crippen LogP contribution in [0.5, 0.6) is 0 Å². The van der Waals surface area contributed by atoms with Crippen LogP contribution in [0.1, 0.15) is 21.7 Å². The predicted octanol–water partition coefficient (Wildman–Crippen LogP) is 3.13. The summed E-state index contributed by atoms with van der Waals surface area (Å²) in [5, 5.41) is 5.39. The number of aromatic nitrogens is 3. The maximum absolute atomic E-state index is 13.8. The molecule has 0 unspecified atom stereocenters.